The van der Waals surface area contributed by atoms with Gasteiger partial charge in [0.1, 0.15) is 17.4 Å². The Morgan fingerprint density at radius 3 is 2.63 bits per heavy atom. The fourth-order valence-corrected chi connectivity index (χ4v) is 2.18. The van der Waals surface area contributed by atoms with Crippen molar-refractivity contribution >= 4 is 11.0 Å². The summed E-state index contributed by atoms with van der Waals surface area (Å²) in [5, 5.41) is 9.46. The standard InChI is InChI=1S/C15H13FN2O/c1-18-14-7-6-12(19)9-13(14)17-15(18)8-10-2-4-11(16)5-3-10/h2-7,9,19H,8H2,1H3. The number of imidazole rings is 1. The number of aromatic hydroxyl groups is 1. The van der Waals surface area contributed by atoms with E-state index >= 15 is 0 Å². The molecule has 0 aliphatic carbocycles. The lowest BCUT2D eigenvalue weighted by molar-refractivity contribution is 0.476. The number of aromatic nitrogens is 2. The zero-order valence-corrected chi connectivity index (χ0v) is 10.5. The van der Waals surface area contributed by atoms with Crippen LogP contribution in [0.4, 0.5) is 4.39 Å². The predicted octanol–water partition coefficient (Wildman–Crippen LogP) is 3.01. The van der Waals surface area contributed by atoms with Gasteiger partial charge in [-0.2, -0.15) is 0 Å². The summed E-state index contributed by atoms with van der Waals surface area (Å²) < 4.78 is 14.9. The van der Waals surface area contributed by atoms with Crippen molar-refractivity contribution in [1.82, 2.24) is 9.55 Å². The van der Waals surface area contributed by atoms with Gasteiger partial charge in [-0.05, 0) is 29.8 Å². The zero-order valence-electron chi connectivity index (χ0n) is 10.5. The van der Waals surface area contributed by atoms with Gasteiger partial charge in [0, 0.05) is 19.5 Å². The third kappa shape index (κ3) is 2.17. The van der Waals surface area contributed by atoms with Gasteiger partial charge in [0.05, 0.1) is 11.0 Å². The molecule has 1 aromatic heterocycles. The van der Waals surface area contributed by atoms with Gasteiger partial charge in [-0.1, -0.05) is 12.1 Å². The second kappa shape index (κ2) is 4.39. The van der Waals surface area contributed by atoms with Crippen LogP contribution in [-0.2, 0) is 13.5 Å². The summed E-state index contributed by atoms with van der Waals surface area (Å²) in [5.74, 6) is 0.852. The van der Waals surface area contributed by atoms with E-state index in [4.69, 9.17) is 0 Å². The summed E-state index contributed by atoms with van der Waals surface area (Å²) in [5.41, 5.74) is 2.73. The molecule has 96 valence electrons. The Bertz CT molecular complexity index is 732. The van der Waals surface area contributed by atoms with Gasteiger partial charge in [0.2, 0.25) is 0 Å². The highest BCUT2D eigenvalue weighted by atomic mass is 19.1. The average Bonchev–Trinajstić information content (AvgIpc) is 2.68. The minimum atomic E-state index is -0.237. The van der Waals surface area contributed by atoms with Gasteiger partial charge in [-0.25, -0.2) is 9.37 Å². The maximum absolute atomic E-state index is 12.9. The number of aryl methyl sites for hydroxylation is 1. The van der Waals surface area contributed by atoms with Gasteiger partial charge < -0.3 is 9.67 Å². The Morgan fingerprint density at radius 1 is 1.16 bits per heavy atom. The van der Waals surface area contributed by atoms with E-state index in [2.05, 4.69) is 4.98 Å². The number of rotatable bonds is 2. The number of hydrogen-bond acceptors (Lipinski definition) is 2. The molecule has 3 nitrogen and oxygen atoms in total. The predicted molar refractivity (Wildman–Crippen MR) is 71.6 cm³/mol. The number of halogens is 1. The summed E-state index contributed by atoms with van der Waals surface area (Å²) >= 11 is 0. The molecule has 2 aromatic carbocycles. The Labute approximate surface area is 109 Å². The number of hydrogen-bond donors (Lipinski definition) is 1. The van der Waals surface area contributed by atoms with Crippen LogP contribution in [0.25, 0.3) is 11.0 Å². The Kier molecular flexibility index (Phi) is 2.71. The highest BCUT2D eigenvalue weighted by molar-refractivity contribution is 5.77. The van der Waals surface area contributed by atoms with Crippen molar-refractivity contribution in [3.63, 3.8) is 0 Å². The molecule has 0 unspecified atom stereocenters. The zero-order chi connectivity index (χ0) is 13.4. The van der Waals surface area contributed by atoms with E-state index in [1.807, 2.05) is 17.7 Å². The molecule has 0 saturated carbocycles. The van der Waals surface area contributed by atoms with Crippen molar-refractivity contribution in [3.8, 4) is 5.75 Å². The highest BCUT2D eigenvalue weighted by Crippen LogP contribution is 2.21. The van der Waals surface area contributed by atoms with Gasteiger partial charge in [-0.3, -0.25) is 0 Å². The fraction of sp³-hybridized carbons (Fsp3) is 0.133. The molecule has 3 aromatic rings. The Morgan fingerprint density at radius 2 is 1.89 bits per heavy atom. The lowest BCUT2D eigenvalue weighted by Crippen LogP contribution is -1.99. The molecule has 0 bridgehead atoms. The average molecular weight is 256 g/mol. The van der Waals surface area contributed by atoms with E-state index in [0.29, 0.717) is 6.42 Å². The molecule has 0 fully saturated rings. The van der Waals surface area contributed by atoms with E-state index in [9.17, 15) is 9.50 Å². The van der Waals surface area contributed by atoms with Crippen molar-refractivity contribution in [2.24, 2.45) is 7.05 Å². The van der Waals surface area contributed by atoms with E-state index in [0.717, 1.165) is 22.4 Å². The van der Waals surface area contributed by atoms with Crippen LogP contribution in [0.2, 0.25) is 0 Å². The van der Waals surface area contributed by atoms with Gasteiger partial charge in [-0.15, -0.1) is 0 Å². The summed E-state index contributed by atoms with van der Waals surface area (Å²) in [4.78, 5) is 4.50. The van der Waals surface area contributed by atoms with Crippen LogP contribution in [-0.4, -0.2) is 14.7 Å². The lowest BCUT2D eigenvalue weighted by atomic mass is 10.1. The van der Waals surface area contributed by atoms with Gasteiger partial charge in [0.25, 0.3) is 0 Å². The third-order valence-electron chi connectivity index (χ3n) is 3.23. The first-order chi connectivity index (χ1) is 9.13. The second-order valence-corrected chi connectivity index (χ2v) is 4.56. The van der Waals surface area contributed by atoms with Crippen LogP contribution in [0.5, 0.6) is 5.75 Å². The Hall–Kier alpha value is -2.36. The molecule has 0 aliphatic heterocycles. The SMILES string of the molecule is Cn1c(Cc2ccc(F)cc2)nc2cc(O)ccc21. The normalized spacial score (nSPS) is 11.1. The summed E-state index contributed by atoms with van der Waals surface area (Å²) in [7, 11) is 1.94. The summed E-state index contributed by atoms with van der Waals surface area (Å²) in [6.07, 6.45) is 0.631. The first kappa shape index (κ1) is 11.7. The third-order valence-corrected chi connectivity index (χ3v) is 3.23. The van der Waals surface area contributed by atoms with Crippen molar-refractivity contribution in [2.75, 3.05) is 0 Å². The minimum absolute atomic E-state index is 0.207. The van der Waals surface area contributed by atoms with Crippen LogP contribution in [0.1, 0.15) is 11.4 Å². The lowest BCUT2D eigenvalue weighted by Gasteiger charge is -2.02. The first-order valence-electron chi connectivity index (χ1n) is 6.02. The van der Waals surface area contributed by atoms with Crippen LogP contribution in [0.3, 0.4) is 0 Å². The molecular weight excluding hydrogens is 243 g/mol. The molecule has 4 heteroatoms. The van der Waals surface area contributed by atoms with Crippen LogP contribution in [0, 0.1) is 5.82 Å². The van der Waals surface area contributed by atoms with Gasteiger partial charge in [0.15, 0.2) is 0 Å². The van der Waals surface area contributed by atoms with Gasteiger partial charge >= 0.3 is 0 Å². The smallest absolute Gasteiger partial charge is 0.123 e. The minimum Gasteiger partial charge on any atom is -0.508 e. The van der Waals surface area contributed by atoms with Crippen LogP contribution in [0.15, 0.2) is 42.5 Å². The molecule has 0 atom stereocenters. The number of phenolic OH excluding ortho intramolecular Hbond substituents is 1. The van der Waals surface area contributed by atoms with E-state index in [1.165, 1.54) is 12.1 Å². The molecule has 0 spiro atoms. The fourth-order valence-electron chi connectivity index (χ4n) is 2.18. The van der Waals surface area contributed by atoms with Crippen molar-refractivity contribution in [3.05, 3.63) is 59.7 Å². The van der Waals surface area contributed by atoms with E-state index in [-0.39, 0.29) is 11.6 Å². The molecule has 19 heavy (non-hydrogen) atoms. The second-order valence-electron chi connectivity index (χ2n) is 4.56. The maximum Gasteiger partial charge on any atom is 0.123 e. The van der Waals surface area contributed by atoms with Crippen molar-refractivity contribution in [1.29, 1.82) is 0 Å². The van der Waals surface area contributed by atoms with Crippen molar-refractivity contribution < 1.29 is 9.50 Å². The summed E-state index contributed by atoms with van der Waals surface area (Å²) in [6, 6.07) is 11.5. The molecule has 1 heterocycles. The molecule has 0 amide bonds. The summed E-state index contributed by atoms with van der Waals surface area (Å²) in [6.45, 7) is 0. The van der Waals surface area contributed by atoms with E-state index < -0.39 is 0 Å². The molecule has 0 radical (unpaired) electrons. The highest BCUT2D eigenvalue weighted by Gasteiger charge is 2.09. The largest absolute Gasteiger partial charge is 0.508 e. The van der Waals surface area contributed by atoms with Crippen LogP contribution < -0.4 is 0 Å². The van der Waals surface area contributed by atoms with Crippen LogP contribution >= 0.6 is 0 Å². The quantitative estimate of drug-likeness (QED) is 0.765. The topological polar surface area (TPSA) is 38.0 Å². The number of phenols is 1. The number of nitrogens with zero attached hydrogens (tertiary/aromatic N) is 2. The molecule has 3 rings (SSSR count). The number of benzene rings is 2. The molecule has 1 N–H and O–H groups in total. The first-order valence-corrected chi connectivity index (χ1v) is 6.02. The maximum atomic E-state index is 12.9. The molecular formula is C15H13FN2O. The Balaban J connectivity index is 2.01. The number of fused-ring (bicyclic) bond motifs is 1. The monoisotopic (exact) mass is 256 g/mol. The van der Waals surface area contributed by atoms with E-state index in [1.54, 1.807) is 24.3 Å². The van der Waals surface area contributed by atoms with Crippen molar-refractivity contribution in [2.45, 2.75) is 6.42 Å². The molecule has 0 aliphatic rings. The molecule has 0 saturated heterocycles.